The zero-order chi connectivity index (χ0) is 15.5. The van der Waals surface area contributed by atoms with E-state index in [-0.39, 0.29) is 17.7 Å². The number of halogens is 3. The molecular formula is C15H18F3NO2. The van der Waals surface area contributed by atoms with Crippen LogP contribution in [0.25, 0.3) is 0 Å². The topological polar surface area (TPSA) is 38.3 Å². The summed E-state index contributed by atoms with van der Waals surface area (Å²) in [5, 5.41) is 2.36. The Bertz CT molecular complexity index is 502. The molecule has 1 aromatic carbocycles. The Morgan fingerprint density at radius 2 is 2.00 bits per heavy atom. The van der Waals surface area contributed by atoms with E-state index in [0.29, 0.717) is 0 Å². The Labute approximate surface area is 121 Å². The molecular weight excluding hydrogens is 283 g/mol. The van der Waals surface area contributed by atoms with Gasteiger partial charge in [0.25, 0.3) is 0 Å². The highest BCUT2D eigenvalue weighted by Gasteiger charge is 2.30. The van der Waals surface area contributed by atoms with Gasteiger partial charge in [0.1, 0.15) is 6.10 Å². The summed E-state index contributed by atoms with van der Waals surface area (Å²) in [5.74, 6) is 0.283. The fraction of sp³-hybridized carbons (Fsp3) is 0.533. The molecule has 1 saturated carbocycles. The molecule has 6 heteroatoms. The number of anilines is 1. The molecule has 1 aromatic rings. The lowest BCUT2D eigenvalue weighted by Gasteiger charge is -2.28. The molecule has 21 heavy (non-hydrogen) atoms. The second kappa shape index (κ2) is 6.37. The number of benzene rings is 1. The van der Waals surface area contributed by atoms with E-state index in [0.717, 1.165) is 37.8 Å². The van der Waals surface area contributed by atoms with Gasteiger partial charge < -0.3 is 4.74 Å². The van der Waals surface area contributed by atoms with Crippen LogP contribution in [0.15, 0.2) is 24.3 Å². The molecule has 0 spiro atoms. The Morgan fingerprint density at radius 1 is 1.29 bits per heavy atom. The summed E-state index contributed by atoms with van der Waals surface area (Å²) in [6.07, 6.45) is -1.36. The van der Waals surface area contributed by atoms with Gasteiger partial charge in [-0.1, -0.05) is 19.4 Å². The average Bonchev–Trinajstić information content (AvgIpc) is 2.41. The Morgan fingerprint density at radius 3 is 2.67 bits per heavy atom. The fourth-order valence-corrected chi connectivity index (χ4v) is 2.52. The molecule has 0 bridgehead atoms. The van der Waals surface area contributed by atoms with Gasteiger partial charge in [0.05, 0.1) is 5.56 Å². The maximum absolute atomic E-state index is 12.6. The summed E-state index contributed by atoms with van der Waals surface area (Å²) in [6, 6.07) is 4.51. The molecule has 0 aromatic heterocycles. The van der Waals surface area contributed by atoms with E-state index in [1.807, 2.05) is 6.92 Å². The number of alkyl halides is 3. The first-order valence-corrected chi connectivity index (χ1v) is 7.01. The van der Waals surface area contributed by atoms with Crippen LogP contribution in [0.5, 0.6) is 0 Å². The van der Waals surface area contributed by atoms with E-state index in [1.165, 1.54) is 12.1 Å². The Balaban J connectivity index is 1.96. The van der Waals surface area contributed by atoms with Gasteiger partial charge >= 0.3 is 12.3 Å². The largest absolute Gasteiger partial charge is 0.446 e. The van der Waals surface area contributed by atoms with Gasteiger partial charge in [-0.05, 0) is 43.4 Å². The third kappa shape index (κ3) is 4.37. The van der Waals surface area contributed by atoms with Crippen LogP contribution in [0.3, 0.4) is 0 Å². The van der Waals surface area contributed by atoms with Crippen LogP contribution in [0.2, 0.25) is 0 Å². The number of hydrogen-bond acceptors (Lipinski definition) is 2. The van der Waals surface area contributed by atoms with Crippen LogP contribution in [-0.4, -0.2) is 12.2 Å². The molecule has 0 unspecified atom stereocenters. The summed E-state index contributed by atoms with van der Waals surface area (Å²) in [6.45, 7) is 2.02. The van der Waals surface area contributed by atoms with Gasteiger partial charge in [0.2, 0.25) is 0 Å². The summed E-state index contributed by atoms with van der Waals surface area (Å²) in [7, 11) is 0. The highest BCUT2D eigenvalue weighted by atomic mass is 19.4. The second-order valence-corrected chi connectivity index (χ2v) is 5.41. The van der Waals surface area contributed by atoms with Gasteiger partial charge in [-0.15, -0.1) is 0 Å². The quantitative estimate of drug-likeness (QED) is 0.849. The van der Waals surface area contributed by atoms with Crippen molar-refractivity contribution in [2.45, 2.75) is 44.9 Å². The van der Waals surface area contributed by atoms with Crippen molar-refractivity contribution in [1.82, 2.24) is 0 Å². The van der Waals surface area contributed by atoms with Crippen molar-refractivity contribution in [1.29, 1.82) is 0 Å². The fourth-order valence-electron chi connectivity index (χ4n) is 2.52. The molecule has 2 rings (SSSR count). The lowest BCUT2D eigenvalue weighted by Crippen LogP contribution is -2.30. The van der Waals surface area contributed by atoms with Crippen LogP contribution < -0.4 is 5.32 Å². The lowest BCUT2D eigenvalue weighted by atomic mass is 9.88. The van der Waals surface area contributed by atoms with E-state index in [2.05, 4.69) is 5.32 Å². The molecule has 1 aliphatic rings. The van der Waals surface area contributed by atoms with E-state index in [9.17, 15) is 18.0 Å². The highest BCUT2D eigenvalue weighted by Crippen LogP contribution is 2.31. The summed E-state index contributed by atoms with van der Waals surface area (Å²) in [4.78, 5) is 11.8. The number of rotatable bonds is 2. The first-order valence-electron chi connectivity index (χ1n) is 7.01. The monoisotopic (exact) mass is 301 g/mol. The highest BCUT2D eigenvalue weighted by molar-refractivity contribution is 5.84. The maximum atomic E-state index is 12.6. The van der Waals surface area contributed by atoms with Gasteiger partial charge in [0, 0.05) is 5.69 Å². The minimum Gasteiger partial charge on any atom is -0.446 e. The van der Waals surface area contributed by atoms with Crippen molar-refractivity contribution in [2.24, 2.45) is 5.92 Å². The Kier molecular flexibility index (Phi) is 4.75. The number of nitrogens with one attached hydrogen (secondary N) is 1. The van der Waals surface area contributed by atoms with E-state index < -0.39 is 17.8 Å². The van der Waals surface area contributed by atoms with Gasteiger partial charge in [-0.3, -0.25) is 5.32 Å². The van der Waals surface area contributed by atoms with E-state index >= 15 is 0 Å². The summed E-state index contributed by atoms with van der Waals surface area (Å²) in [5.41, 5.74) is -0.718. The number of carbonyl (C=O) groups excluding carboxylic acids is 1. The first kappa shape index (κ1) is 15.7. The third-order valence-electron chi connectivity index (χ3n) is 3.73. The third-order valence-corrected chi connectivity index (χ3v) is 3.73. The van der Waals surface area contributed by atoms with Crippen molar-refractivity contribution in [3.63, 3.8) is 0 Å². The normalized spacial score (nSPS) is 22.7. The maximum Gasteiger partial charge on any atom is 0.416 e. The molecule has 1 aliphatic carbocycles. The van der Waals surface area contributed by atoms with Gasteiger partial charge in [-0.25, -0.2) is 4.79 Å². The molecule has 0 saturated heterocycles. The van der Waals surface area contributed by atoms with Crippen LogP contribution in [0.4, 0.5) is 23.7 Å². The molecule has 0 aliphatic heterocycles. The van der Waals surface area contributed by atoms with Gasteiger partial charge in [0.15, 0.2) is 0 Å². The predicted molar refractivity (Wildman–Crippen MR) is 73.0 cm³/mol. The first-order chi connectivity index (χ1) is 9.86. The molecule has 2 atom stereocenters. The van der Waals surface area contributed by atoms with Crippen molar-refractivity contribution in [3.8, 4) is 0 Å². The number of carbonyl (C=O) groups is 1. The standard InChI is InChI=1S/C15H18F3NO2/c1-10-5-2-3-8-13(10)21-14(20)19-12-7-4-6-11(9-12)15(16,17)18/h4,6-7,9-10,13H,2-3,5,8H2,1H3,(H,19,20)/t10-,13-/m0/s1. The van der Waals surface area contributed by atoms with Crippen LogP contribution in [0.1, 0.15) is 38.2 Å². The van der Waals surface area contributed by atoms with Crippen LogP contribution >= 0.6 is 0 Å². The van der Waals surface area contributed by atoms with E-state index in [1.54, 1.807) is 0 Å². The summed E-state index contributed by atoms with van der Waals surface area (Å²) < 4.78 is 43.1. The molecule has 3 nitrogen and oxygen atoms in total. The number of ether oxygens (including phenoxy) is 1. The van der Waals surface area contributed by atoms with Crippen molar-refractivity contribution in [3.05, 3.63) is 29.8 Å². The molecule has 0 heterocycles. The van der Waals surface area contributed by atoms with Gasteiger partial charge in [-0.2, -0.15) is 13.2 Å². The number of amides is 1. The zero-order valence-electron chi connectivity index (χ0n) is 11.7. The zero-order valence-corrected chi connectivity index (χ0v) is 11.7. The molecule has 116 valence electrons. The molecule has 1 fully saturated rings. The Hall–Kier alpha value is -1.72. The SMILES string of the molecule is C[C@H]1CCCC[C@@H]1OC(=O)Nc1cccc(C(F)(F)F)c1. The minimum atomic E-state index is -4.43. The average molecular weight is 301 g/mol. The minimum absolute atomic E-state index is 0.0817. The molecule has 1 N–H and O–H groups in total. The summed E-state index contributed by atoms with van der Waals surface area (Å²) >= 11 is 0. The molecule has 0 radical (unpaired) electrons. The lowest BCUT2D eigenvalue weighted by molar-refractivity contribution is -0.137. The van der Waals surface area contributed by atoms with Crippen LogP contribution in [-0.2, 0) is 10.9 Å². The van der Waals surface area contributed by atoms with Crippen LogP contribution in [0, 0.1) is 5.92 Å². The van der Waals surface area contributed by atoms with E-state index in [4.69, 9.17) is 4.74 Å². The number of hydrogen-bond donors (Lipinski definition) is 1. The van der Waals surface area contributed by atoms with Crippen molar-refractivity contribution < 1.29 is 22.7 Å². The van der Waals surface area contributed by atoms with Crippen molar-refractivity contribution in [2.75, 3.05) is 5.32 Å². The second-order valence-electron chi connectivity index (χ2n) is 5.41. The predicted octanol–water partition coefficient (Wildman–Crippen LogP) is 4.83. The smallest absolute Gasteiger partial charge is 0.416 e. The molecule has 1 amide bonds. The van der Waals surface area contributed by atoms with Crippen molar-refractivity contribution >= 4 is 11.8 Å².